The van der Waals surface area contributed by atoms with Crippen molar-refractivity contribution in [3.05, 3.63) is 70.6 Å². The number of carbonyl (C=O) groups excluding carboxylic acids is 1. The second-order valence-corrected chi connectivity index (χ2v) is 4.89. The van der Waals surface area contributed by atoms with Crippen molar-refractivity contribution in [3.63, 3.8) is 0 Å². The van der Waals surface area contributed by atoms with Gasteiger partial charge in [0.1, 0.15) is 0 Å². The Labute approximate surface area is 181 Å². The number of rotatable bonds is 3. The van der Waals surface area contributed by atoms with E-state index < -0.39 is 0 Å². The molecule has 0 N–H and O–H groups in total. The molecule has 0 atom stereocenters. The zero-order valence-corrected chi connectivity index (χ0v) is 18.6. The van der Waals surface area contributed by atoms with E-state index in [1.165, 1.54) is 12.6 Å². The van der Waals surface area contributed by atoms with E-state index in [0.29, 0.717) is 5.56 Å². The third-order valence-corrected chi connectivity index (χ3v) is 3.51. The topological polar surface area (TPSA) is 43.5 Å². The van der Waals surface area contributed by atoms with Gasteiger partial charge in [-0.3, -0.25) is 4.99 Å². The molecule has 1 aliphatic rings. The molecule has 0 saturated heterocycles. The zero-order valence-electron chi connectivity index (χ0n) is 13.7. The standard InChI is InChI=1S/C18H20N2O.Rb/c1-5-7-13-10-14-8-9-15(18(21)19-4)11-17(14)20-12(3)16(13)6-2;/h5-9,11H,2,10H2,1,3-4H3,(H,19,21);/q;+1/p-1/b7-5-;. The first-order valence-electron chi connectivity index (χ1n) is 6.91. The molecule has 0 saturated carbocycles. The van der Waals surface area contributed by atoms with Crippen LogP contribution in [0.1, 0.15) is 29.8 Å². The largest absolute Gasteiger partial charge is 1.00 e. The van der Waals surface area contributed by atoms with Gasteiger partial charge in [-0.05, 0) is 36.6 Å². The molecule has 0 radical (unpaired) electrons. The van der Waals surface area contributed by atoms with Crippen LogP contribution in [0.5, 0.6) is 0 Å². The summed E-state index contributed by atoms with van der Waals surface area (Å²) in [7, 11) is 1.50. The van der Waals surface area contributed by atoms with Crippen LogP contribution in [0.25, 0.3) is 5.32 Å². The second kappa shape index (κ2) is 8.87. The molecule has 2 rings (SSSR count). The summed E-state index contributed by atoms with van der Waals surface area (Å²) in [6.07, 6.45) is 6.73. The van der Waals surface area contributed by atoms with Gasteiger partial charge in [0, 0.05) is 17.7 Å². The van der Waals surface area contributed by atoms with Crippen LogP contribution in [0.3, 0.4) is 0 Å². The summed E-state index contributed by atoms with van der Waals surface area (Å²) in [6.45, 7) is 7.85. The molecule has 0 unspecified atom stereocenters. The second-order valence-electron chi connectivity index (χ2n) is 4.89. The zero-order chi connectivity index (χ0) is 15.4. The summed E-state index contributed by atoms with van der Waals surface area (Å²) < 4.78 is 0. The van der Waals surface area contributed by atoms with Crippen molar-refractivity contribution in [2.24, 2.45) is 4.99 Å². The number of amides is 1. The Bertz CT molecular complexity index is 684. The van der Waals surface area contributed by atoms with Gasteiger partial charge in [-0.2, -0.15) is 0 Å². The quantitative estimate of drug-likeness (QED) is 0.802. The molecule has 0 aromatic heterocycles. The molecule has 0 fully saturated rings. The van der Waals surface area contributed by atoms with E-state index in [1.54, 1.807) is 0 Å². The fraction of sp³-hybridized carbons (Fsp3) is 0.222. The molecule has 3 nitrogen and oxygen atoms in total. The van der Waals surface area contributed by atoms with Crippen molar-refractivity contribution in [1.82, 2.24) is 0 Å². The van der Waals surface area contributed by atoms with Gasteiger partial charge < -0.3 is 10.1 Å². The predicted octanol–water partition coefficient (Wildman–Crippen LogP) is 1.54. The number of aliphatic imine (C=N–C) groups is 1. The van der Waals surface area contributed by atoms with Crippen molar-refractivity contribution in [3.8, 4) is 0 Å². The molecule has 1 heterocycles. The van der Waals surface area contributed by atoms with Crippen molar-refractivity contribution < 1.29 is 63.0 Å². The number of allylic oxidation sites excluding steroid dienone is 5. The van der Waals surface area contributed by atoms with E-state index in [0.717, 1.165) is 29.0 Å². The summed E-state index contributed by atoms with van der Waals surface area (Å²) in [4.78, 5) is 16.4. The van der Waals surface area contributed by atoms with Crippen LogP contribution >= 0.6 is 0 Å². The Hall–Kier alpha value is -0.615. The van der Waals surface area contributed by atoms with Gasteiger partial charge in [-0.1, -0.05) is 36.9 Å². The van der Waals surface area contributed by atoms with E-state index >= 15 is 0 Å². The third-order valence-electron chi connectivity index (χ3n) is 3.51. The van der Waals surface area contributed by atoms with E-state index in [1.807, 2.05) is 44.2 Å². The molecule has 1 aromatic rings. The van der Waals surface area contributed by atoms with Crippen LogP contribution in [-0.2, 0) is 6.42 Å². The first-order chi connectivity index (χ1) is 10.1. The van der Waals surface area contributed by atoms with Gasteiger partial charge in [0.2, 0.25) is 0 Å². The SMILES string of the molecule is C=CC1=C(/C=C\C)Cc2ccc(C(=O)[N-]C)cc2N=C1C.[Rb+]. The maximum atomic E-state index is 11.7. The molecule has 108 valence electrons. The number of hydrogen-bond acceptors (Lipinski definition) is 2. The number of nitrogens with zero attached hydrogens (tertiary/aromatic N) is 2. The Balaban J connectivity index is 0.00000242. The van der Waals surface area contributed by atoms with Crippen LogP contribution < -0.4 is 58.2 Å². The van der Waals surface area contributed by atoms with Gasteiger partial charge in [0.15, 0.2) is 0 Å². The first-order valence-corrected chi connectivity index (χ1v) is 6.91. The summed E-state index contributed by atoms with van der Waals surface area (Å²) in [6, 6.07) is 5.58. The van der Waals surface area contributed by atoms with Gasteiger partial charge in [-0.15, -0.1) is 7.05 Å². The van der Waals surface area contributed by atoms with Gasteiger partial charge in [-0.25, -0.2) is 0 Å². The Morgan fingerprint density at radius 3 is 2.73 bits per heavy atom. The maximum absolute atomic E-state index is 11.7. The molecular weight excluding hydrogens is 346 g/mol. The fourth-order valence-electron chi connectivity index (χ4n) is 2.48. The van der Waals surface area contributed by atoms with Crippen LogP contribution in [0.2, 0.25) is 0 Å². The van der Waals surface area contributed by atoms with Crippen LogP contribution in [0, 0.1) is 0 Å². The number of fused-ring (bicyclic) bond motifs is 1. The van der Waals surface area contributed by atoms with E-state index in [-0.39, 0.29) is 64.1 Å². The van der Waals surface area contributed by atoms with Crippen LogP contribution in [-0.4, -0.2) is 18.7 Å². The molecule has 0 aliphatic carbocycles. The molecule has 1 amide bonds. The van der Waals surface area contributed by atoms with E-state index in [2.05, 4.69) is 23.0 Å². The minimum absolute atomic E-state index is 0. The van der Waals surface area contributed by atoms with Crippen molar-refractivity contribution in [2.45, 2.75) is 20.3 Å². The monoisotopic (exact) mass is 364 g/mol. The number of carbonyl (C=O) groups is 1. The minimum atomic E-state index is -0.222. The average Bonchev–Trinajstić information content (AvgIpc) is 2.61. The number of hydrogen-bond donors (Lipinski definition) is 0. The molecule has 0 bridgehead atoms. The molecule has 4 heteroatoms. The Kier molecular flexibility index (Phi) is 7.84. The maximum Gasteiger partial charge on any atom is 1.00 e. The van der Waals surface area contributed by atoms with Gasteiger partial charge in [0.25, 0.3) is 0 Å². The average molecular weight is 365 g/mol. The fourth-order valence-corrected chi connectivity index (χ4v) is 2.48. The van der Waals surface area contributed by atoms with Crippen LogP contribution in [0.4, 0.5) is 5.69 Å². The van der Waals surface area contributed by atoms with Crippen LogP contribution in [0.15, 0.2) is 59.1 Å². The molecular formula is C18H19N2ORb. The van der Waals surface area contributed by atoms with E-state index in [9.17, 15) is 4.79 Å². The smallest absolute Gasteiger partial charge is 0.652 e. The predicted molar refractivity (Wildman–Crippen MR) is 88.6 cm³/mol. The Morgan fingerprint density at radius 1 is 1.41 bits per heavy atom. The third kappa shape index (κ3) is 4.22. The van der Waals surface area contributed by atoms with E-state index in [4.69, 9.17) is 0 Å². The van der Waals surface area contributed by atoms with Gasteiger partial charge in [0.05, 0.1) is 11.6 Å². The molecule has 0 spiro atoms. The minimum Gasteiger partial charge on any atom is -0.652 e. The Morgan fingerprint density at radius 2 is 2.14 bits per heavy atom. The first kappa shape index (κ1) is 19.4. The van der Waals surface area contributed by atoms with Crippen molar-refractivity contribution >= 4 is 17.3 Å². The summed E-state index contributed by atoms with van der Waals surface area (Å²) in [5, 5.41) is 3.70. The molecule has 22 heavy (non-hydrogen) atoms. The summed E-state index contributed by atoms with van der Waals surface area (Å²) in [5.41, 5.74) is 5.66. The van der Waals surface area contributed by atoms with Crippen molar-refractivity contribution in [1.29, 1.82) is 0 Å². The molecule has 1 aromatic carbocycles. The normalized spacial score (nSPS) is 13.9. The molecule has 1 aliphatic heterocycles. The number of benzene rings is 1. The van der Waals surface area contributed by atoms with Gasteiger partial charge >= 0.3 is 58.2 Å². The summed E-state index contributed by atoms with van der Waals surface area (Å²) in [5.74, 6) is -0.222. The summed E-state index contributed by atoms with van der Waals surface area (Å²) >= 11 is 0. The van der Waals surface area contributed by atoms with Crippen molar-refractivity contribution in [2.75, 3.05) is 7.05 Å².